The molecule has 3 aromatic rings. The Morgan fingerprint density at radius 3 is 2.65 bits per heavy atom. The molecule has 1 heterocycles. The Bertz CT molecular complexity index is 911. The number of likely N-dealkylation sites (N-methyl/N-ethyl adjacent to an activating group) is 1. The number of nitrogens with zero attached hydrogens (tertiary/aromatic N) is 2. The van der Waals surface area contributed by atoms with Crippen LogP contribution in [0.3, 0.4) is 0 Å². The molecule has 0 fully saturated rings. The quantitative estimate of drug-likeness (QED) is 0.736. The molecule has 0 aliphatic carbocycles. The molecule has 2 aromatic carbocycles. The smallest absolute Gasteiger partial charge is 0.255 e. The molecular weight excluding hydrogens is 333 g/mol. The first-order valence-corrected chi connectivity index (χ1v) is 8.27. The number of benzene rings is 2. The third-order valence-corrected chi connectivity index (χ3v) is 3.89. The average Bonchev–Trinajstić information content (AvgIpc) is 2.64. The number of anilines is 1. The van der Waals surface area contributed by atoms with Crippen LogP contribution in [0.2, 0.25) is 0 Å². The van der Waals surface area contributed by atoms with Gasteiger partial charge in [0.2, 0.25) is 0 Å². The molecule has 134 valence electrons. The standard InChI is InChI=1S/C20H20FN3O2/c1-24(2)12-13-26-15-7-5-14(6-8-15)20(25)23-18-10-9-17(21)19-16(18)4-3-11-22-19/h3-11H,12-13H2,1-2H3,(H,23,25). The Kier molecular flexibility index (Phi) is 5.43. The second-order valence-electron chi connectivity index (χ2n) is 6.12. The van der Waals surface area contributed by atoms with E-state index in [9.17, 15) is 9.18 Å². The average molecular weight is 353 g/mol. The molecule has 0 aliphatic rings. The zero-order chi connectivity index (χ0) is 18.5. The van der Waals surface area contributed by atoms with Crippen LogP contribution in [0.5, 0.6) is 5.75 Å². The number of ether oxygens (including phenoxy) is 1. The first-order valence-electron chi connectivity index (χ1n) is 8.27. The molecule has 0 radical (unpaired) electrons. The van der Waals surface area contributed by atoms with Gasteiger partial charge in [-0.25, -0.2) is 4.39 Å². The zero-order valence-corrected chi connectivity index (χ0v) is 14.7. The van der Waals surface area contributed by atoms with Gasteiger partial charge in [0.1, 0.15) is 23.7 Å². The number of pyridine rings is 1. The second kappa shape index (κ2) is 7.93. The van der Waals surface area contributed by atoms with E-state index in [1.807, 2.05) is 19.0 Å². The minimum Gasteiger partial charge on any atom is -0.492 e. The van der Waals surface area contributed by atoms with E-state index >= 15 is 0 Å². The summed E-state index contributed by atoms with van der Waals surface area (Å²) in [6.07, 6.45) is 1.52. The summed E-state index contributed by atoms with van der Waals surface area (Å²) >= 11 is 0. The van der Waals surface area contributed by atoms with Crippen molar-refractivity contribution in [2.24, 2.45) is 0 Å². The van der Waals surface area contributed by atoms with E-state index in [0.29, 0.717) is 29.0 Å². The fourth-order valence-electron chi connectivity index (χ4n) is 2.49. The zero-order valence-electron chi connectivity index (χ0n) is 14.7. The Morgan fingerprint density at radius 2 is 1.92 bits per heavy atom. The van der Waals surface area contributed by atoms with Gasteiger partial charge in [-0.2, -0.15) is 0 Å². The van der Waals surface area contributed by atoms with Gasteiger partial charge in [-0.1, -0.05) is 0 Å². The number of carbonyl (C=O) groups is 1. The minimum atomic E-state index is -0.419. The maximum absolute atomic E-state index is 13.8. The van der Waals surface area contributed by atoms with Crippen LogP contribution in [0.25, 0.3) is 10.9 Å². The summed E-state index contributed by atoms with van der Waals surface area (Å²) in [5, 5.41) is 3.37. The lowest BCUT2D eigenvalue weighted by Gasteiger charge is -2.12. The van der Waals surface area contributed by atoms with E-state index in [1.165, 1.54) is 18.3 Å². The van der Waals surface area contributed by atoms with Crippen molar-refractivity contribution in [2.45, 2.75) is 0 Å². The highest BCUT2D eigenvalue weighted by molar-refractivity contribution is 6.08. The first kappa shape index (κ1) is 17.8. The Labute approximate surface area is 151 Å². The summed E-state index contributed by atoms with van der Waals surface area (Å²) in [7, 11) is 3.96. The topological polar surface area (TPSA) is 54.5 Å². The van der Waals surface area contributed by atoms with Gasteiger partial charge in [0.25, 0.3) is 5.91 Å². The summed E-state index contributed by atoms with van der Waals surface area (Å²) < 4.78 is 19.4. The van der Waals surface area contributed by atoms with Crippen LogP contribution < -0.4 is 10.1 Å². The summed E-state index contributed by atoms with van der Waals surface area (Å²) in [5.74, 6) is 0.0132. The van der Waals surface area contributed by atoms with Gasteiger partial charge in [0.15, 0.2) is 0 Å². The molecule has 26 heavy (non-hydrogen) atoms. The summed E-state index contributed by atoms with van der Waals surface area (Å²) in [6.45, 7) is 1.39. The molecule has 3 rings (SSSR count). The summed E-state index contributed by atoms with van der Waals surface area (Å²) in [6, 6.07) is 13.2. The van der Waals surface area contributed by atoms with Crippen LogP contribution in [0.15, 0.2) is 54.7 Å². The minimum absolute atomic E-state index is 0.231. The molecule has 0 unspecified atom stereocenters. The van der Waals surface area contributed by atoms with Crippen molar-refractivity contribution in [1.29, 1.82) is 0 Å². The van der Waals surface area contributed by atoms with Crippen LogP contribution in [0.1, 0.15) is 10.4 Å². The number of nitrogens with one attached hydrogen (secondary N) is 1. The number of aromatic nitrogens is 1. The van der Waals surface area contributed by atoms with Crippen molar-refractivity contribution < 1.29 is 13.9 Å². The molecule has 1 amide bonds. The molecule has 0 bridgehead atoms. The number of amides is 1. The number of hydrogen-bond donors (Lipinski definition) is 1. The molecule has 0 saturated carbocycles. The van der Waals surface area contributed by atoms with Gasteiger partial charge in [-0.3, -0.25) is 9.78 Å². The van der Waals surface area contributed by atoms with Crippen molar-refractivity contribution in [2.75, 3.05) is 32.6 Å². The third-order valence-electron chi connectivity index (χ3n) is 3.89. The van der Waals surface area contributed by atoms with E-state index in [2.05, 4.69) is 10.3 Å². The molecule has 0 aliphatic heterocycles. The van der Waals surface area contributed by atoms with Gasteiger partial charge < -0.3 is 15.0 Å². The lowest BCUT2D eigenvalue weighted by atomic mass is 10.1. The molecule has 0 atom stereocenters. The molecule has 6 heteroatoms. The summed E-state index contributed by atoms with van der Waals surface area (Å²) in [4.78, 5) is 18.5. The van der Waals surface area contributed by atoms with Crippen molar-refractivity contribution in [1.82, 2.24) is 9.88 Å². The molecular formula is C20H20FN3O2. The molecule has 0 spiro atoms. The molecule has 5 nitrogen and oxygen atoms in total. The SMILES string of the molecule is CN(C)CCOc1ccc(C(=O)Nc2ccc(F)c3ncccc23)cc1. The highest BCUT2D eigenvalue weighted by atomic mass is 19.1. The predicted molar refractivity (Wildman–Crippen MR) is 100 cm³/mol. The number of carbonyl (C=O) groups excluding carboxylic acids is 1. The van der Waals surface area contributed by atoms with Crippen molar-refractivity contribution >= 4 is 22.5 Å². The van der Waals surface area contributed by atoms with Gasteiger partial charge in [-0.15, -0.1) is 0 Å². The fourth-order valence-corrected chi connectivity index (χ4v) is 2.49. The highest BCUT2D eigenvalue weighted by Gasteiger charge is 2.11. The molecule has 1 aromatic heterocycles. The maximum atomic E-state index is 13.8. The maximum Gasteiger partial charge on any atom is 0.255 e. The number of rotatable bonds is 6. The van der Waals surface area contributed by atoms with Gasteiger partial charge in [0.05, 0.1) is 5.69 Å². The van der Waals surface area contributed by atoms with E-state index < -0.39 is 5.82 Å². The largest absolute Gasteiger partial charge is 0.492 e. The lowest BCUT2D eigenvalue weighted by molar-refractivity contribution is 0.102. The molecule has 0 saturated heterocycles. The van der Waals surface area contributed by atoms with Crippen LogP contribution >= 0.6 is 0 Å². The normalized spacial score (nSPS) is 10.9. The van der Waals surface area contributed by atoms with Gasteiger partial charge in [-0.05, 0) is 62.6 Å². The molecule has 1 N–H and O–H groups in total. The van der Waals surface area contributed by atoms with E-state index in [4.69, 9.17) is 4.74 Å². The highest BCUT2D eigenvalue weighted by Crippen LogP contribution is 2.24. The van der Waals surface area contributed by atoms with Crippen molar-refractivity contribution in [3.8, 4) is 5.75 Å². The third kappa shape index (κ3) is 4.15. The van der Waals surface area contributed by atoms with Crippen molar-refractivity contribution in [3.63, 3.8) is 0 Å². The number of halogens is 1. The van der Waals surface area contributed by atoms with Crippen LogP contribution in [0.4, 0.5) is 10.1 Å². The van der Waals surface area contributed by atoms with Crippen LogP contribution in [-0.4, -0.2) is 43.0 Å². The predicted octanol–water partition coefficient (Wildman–Crippen LogP) is 3.57. The lowest BCUT2D eigenvalue weighted by Crippen LogP contribution is -2.19. The van der Waals surface area contributed by atoms with E-state index in [-0.39, 0.29) is 11.4 Å². The monoisotopic (exact) mass is 353 g/mol. The summed E-state index contributed by atoms with van der Waals surface area (Å²) in [5.41, 5.74) is 1.24. The fraction of sp³-hybridized carbons (Fsp3) is 0.200. The van der Waals surface area contributed by atoms with E-state index in [1.54, 1.807) is 36.4 Å². The van der Waals surface area contributed by atoms with Gasteiger partial charge >= 0.3 is 0 Å². The van der Waals surface area contributed by atoms with Gasteiger partial charge in [0, 0.05) is 23.7 Å². The Balaban J connectivity index is 1.72. The first-order chi connectivity index (χ1) is 12.5. The Morgan fingerprint density at radius 1 is 1.15 bits per heavy atom. The van der Waals surface area contributed by atoms with E-state index in [0.717, 1.165) is 6.54 Å². The number of fused-ring (bicyclic) bond motifs is 1. The van der Waals surface area contributed by atoms with Crippen molar-refractivity contribution in [3.05, 3.63) is 66.1 Å². The van der Waals surface area contributed by atoms with Crippen LogP contribution in [0, 0.1) is 5.82 Å². The second-order valence-corrected chi connectivity index (χ2v) is 6.12. The van der Waals surface area contributed by atoms with Crippen LogP contribution in [-0.2, 0) is 0 Å². The number of hydrogen-bond acceptors (Lipinski definition) is 4. The Hall–Kier alpha value is -2.99.